The zero-order valence-corrected chi connectivity index (χ0v) is 15.1. The fourth-order valence-corrected chi connectivity index (χ4v) is 4.41. The maximum atomic E-state index is 13.1. The summed E-state index contributed by atoms with van der Waals surface area (Å²) in [6.45, 7) is 2.10. The van der Waals surface area contributed by atoms with Gasteiger partial charge in [-0.15, -0.1) is 0 Å². The average molecular weight is 364 g/mol. The van der Waals surface area contributed by atoms with E-state index in [2.05, 4.69) is 39.9 Å². The molecule has 0 aromatic heterocycles. The van der Waals surface area contributed by atoms with Gasteiger partial charge in [-0.1, -0.05) is 41.3 Å². The molecule has 1 amide bonds. The van der Waals surface area contributed by atoms with Gasteiger partial charge in [0.05, 0.1) is 0 Å². The fraction of sp³-hybridized carbons (Fsp3) is 0.632. The number of amides is 1. The van der Waals surface area contributed by atoms with Crippen molar-refractivity contribution in [2.75, 3.05) is 0 Å². The fourth-order valence-electron chi connectivity index (χ4n) is 3.78. The lowest BCUT2D eigenvalue weighted by molar-refractivity contribution is 0.0370. The number of carbonyl (C=O) groups excluding carboxylic acids is 1. The Morgan fingerprint density at radius 3 is 2.23 bits per heavy atom. The summed E-state index contributed by atoms with van der Waals surface area (Å²) in [5.41, 5.74) is 3.35. The van der Waals surface area contributed by atoms with E-state index in [0.29, 0.717) is 12.1 Å². The van der Waals surface area contributed by atoms with Gasteiger partial charge in [-0.25, -0.2) is 0 Å². The van der Waals surface area contributed by atoms with Crippen LogP contribution in [0, 0.1) is 6.92 Å². The minimum absolute atomic E-state index is 0.265. The van der Waals surface area contributed by atoms with E-state index < -0.39 is 0 Å². The van der Waals surface area contributed by atoms with Gasteiger partial charge < -0.3 is 4.90 Å². The van der Waals surface area contributed by atoms with Crippen molar-refractivity contribution in [3.8, 4) is 0 Å². The third kappa shape index (κ3) is 3.24. The summed E-state index contributed by atoms with van der Waals surface area (Å²) >= 11 is 3.51. The van der Waals surface area contributed by atoms with Gasteiger partial charge in [0.25, 0.3) is 5.91 Å². The average Bonchev–Trinajstić information content (AvgIpc) is 2.50. The number of benzene rings is 1. The van der Waals surface area contributed by atoms with E-state index in [1.807, 2.05) is 6.07 Å². The van der Waals surface area contributed by atoms with Crippen LogP contribution in [0.3, 0.4) is 0 Å². The predicted octanol–water partition coefficient (Wildman–Crippen LogP) is 5.22. The summed E-state index contributed by atoms with van der Waals surface area (Å²) in [4.78, 5) is 15.4. The Balaban J connectivity index is 1.83. The molecule has 0 bridgehead atoms. The number of aryl methyl sites for hydroxylation is 1. The van der Waals surface area contributed by atoms with E-state index >= 15 is 0 Å². The van der Waals surface area contributed by atoms with E-state index in [4.69, 9.17) is 0 Å². The zero-order chi connectivity index (χ0) is 15.5. The Labute approximate surface area is 142 Å². The molecule has 2 saturated carbocycles. The van der Waals surface area contributed by atoms with Gasteiger partial charge in [-0.3, -0.25) is 4.79 Å². The number of hydrogen-bond donors (Lipinski definition) is 0. The first-order valence-electron chi connectivity index (χ1n) is 8.69. The minimum atomic E-state index is 0.265. The topological polar surface area (TPSA) is 20.3 Å². The van der Waals surface area contributed by atoms with E-state index in [9.17, 15) is 4.79 Å². The van der Waals surface area contributed by atoms with Crippen LogP contribution in [0.25, 0.3) is 0 Å². The van der Waals surface area contributed by atoms with Crippen LogP contribution >= 0.6 is 15.9 Å². The molecule has 0 heterocycles. The molecule has 2 aliphatic carbocycles. The molecule has 0 saturated heterocycles. The maximum absolute atomic E-state index is 13.1. The second-order valence-electron chi connectivity index (χ2n) is 6.86. The van der Waals surface area contributed by atoms with Crippen LogP contribution in [-0.4, -0.2) is 22.9 Å². The normalized spacial score (nSPS) is 19.7. The Morgan fingerprint density at radius 1 is 1.09 bits per heavy atom. The molecular formula is C19H26BrNO. The first kappa shape index (κ1) is 16.0. The minimum Gasteiger partial charge on any atom is -0.333 e. The third-order valence-electron chi connectivity index (χ3n) is 5.40. The van der Waals surface area contributed by atoms with Crippen molar-refractivity contribution in [2.45, 2.75) is 75.7 Å². The van der Waals surface area contributed by atoms with Crippen LogP contribution in [0.2, 0.25) is 0 Å². The van der Waals surface area contributed by atoms with Crippen molar-refractivity contribution >= 4 is 21.8 Å². The molecule has 0 aliphatic heterocycles. The molecule has 0 atom stereocenters. The van der Waals surface area contributed by atoms with Crippen molar-refractivity contribution in [1.82, 2.24) is 4.90 Å². The summed E-state index contributed by atoms with van der Waals surface area (Å²) < 4.78 is 0. The summed E-state index contributed by atoms with van der Waals surface area (Å²) in [6, 6.07) is 7.15. The molecule has 1 aromatic rings. The molecule has 0 radical (unpaired) electrons. The van der Waals surface area contributed by atoms with E-state index in [1.165, 1.54) is 62.5 Å². The maximum Gasteiger partial charge on any atom is 0.254 e. The van der Waals surface area contributed by atoms with E-state index in [1.54, 1.807) is 0 Å². The quantitative estimate of drug-likeness (QED) is 0.671. The molecular weight excluding hydrogens is 338 g/mol. The monoisotopic (exact) mass is 363 g/mol. The van der Waals surface area contributed by atoms with Crippen molar-refractivity contribution in [3.63, 3.8) is 0 Å². The summed E-state index contributed by atoms with van der Waals surface area (Å²) in [5, 5.41) is 0.849. The highest BCUT2D eigenvalue weighted by atomic mass is 79.9. The molecule has 0 N–H and O–H groups in total. The molecule has 22 heavy (non-hydrogen) atoms. The predicted molar refractivity (Wildman–Crippen MR) is 94.5 cm³/mol. The summed E-state index contributed by atoms with van der Waals surface area (Å²) in [6.07, 6.45) is 9.96. The largest absolute Gasteiger partial charge is 0.333 e. The number of hydrogen-bond acceptors (Lipinski definition) is 1. The molecule has 3 heteroatoms. The van der Waals surface area contributed by atoms with Crippen molar-refractivity contribution in [1.29, 1.82) is 0 Å². The Hall–Kier alpha value is -0.830. The molecule has 0 unspecified atom stereocenters. The van der Waals surface area contributed by atoms with Gasteiger partial charge in [0, 0.05) is 23.0 Å². The number of halogens is 1. The molecule has 0 spiro atoms. The van der Waals surface area contributed by atoms with Gasteiger partial charge in [0.15, 0.2) is 0 Å². The van der Waals surface area contributed by atoms with Gasteiger partial charge >= 0.3 is 0 Å². The smallest absolute Gasteiger partial charge is 0.254 e. The molecule has 2 nitrogen and oxygen atoms in total. The van der Waals surface area contributed by atoms with Gasteiger partial charge in [-0.05, 0) is 62.3 Å². The highest BCUT2D eigenvalue weighted by Gasteiger charge is 2.35. The molecule has 3 rings (SSSR count). The van der Waals surface area contributed by atoms with Crippen LogP contribution in [0.1, 0.15) is 72.9 Å². The molecule has 1 aromatic carbocycles. The number of nitrogens with zero attached hydrogens (tertiary/aromatic N) is 1. The number of carbonyl (C=O) groups is 1. The van der Waals surface area contributed by atoms with Crippen molar-refractivity contribution in [2.24, 2.45) is 0 Å². The lowest BCUT2D eigenvalue weighted by Crippen LogP contribution is -2.50. The van der Waals surface area contributed by atoms with Crippen molar-refractivity contribution < 1.29 is 4.79 Å². The molecule has 120 valence electrons. The molecule has 2 aliphatic rings. The van der Waals surface area contributed by atoms with Crippen LogP contribution in [0.15, 0.2) is 18.2 Å². The Bertz CT molecular complexity index is 532. The lowest BCUT2D eigenvalue weighted by atomic mass is 9.86. The van der Waals surface area contributed by atoms with Gasteiger partial charge in [0.2, 0.25) is 0 Å². The van der Waals surface area contributed by atoms with Crippen LogP contribution in [0.5, 0.6) is 0 Å². The Morgan fingerprint density at radius 2 is 1.73 bits per heavy atom. The van der Waals surface area contributed by atoms with Crippen LogP contribution < -0.4 is 0 Å². The Kier molecular flexibility index (Phi) is 5.22. The SMILES string of the molecule is Cc1cc(C(=O)N(C2CCCCC2)C2CCC2)ccc1CBr. The third-order valence-corrected chi connectivity index (χ3v) is 6.01. The zero-order valence-electron chi connectivity index (χ0n) is 13.5. The summed E-state index contributed by atoms with van der Waals surface area (Å²) in [5.74, 6) is 0.265. The van der Waals surface area contributed by atoms with Crippen LogP contribution in [-0.2, 0) is 5.33 Å². The van der Waals surface area contributed by atoms with Crippen LogP contribution in [0.4, 0.5) is 0 Å². The summed E-state index contributed by atoms with van der Waals surface area (Å²) in [7, 11) is 0. The van der Waals surface area contributed by atoms with Crippen molar-refractivity contribution in [3.05, 3.63) is 34.9 Å². The second-order valence-corrected chi connectivity index (χ2v) is 7.42. The lowest BCUT2D eigenvalue weighted by Gasteiger charge is -2.44. The van der Waals surface area contributed by atoms with E-state index in [0.717, 1.165) is 10.9 Å². The highest BCUT2D eigenvalue weighted by molar-refractivity contribution is 9.08. The second kappa shape index (κ2) is 7.16. The standard InChI is InChI=1S/C19H26BrNO/c1-14-12-15(10-11-16(14)13-20)19(22)21(18-8-5-9-18)17-6-3-2-4-7-17/h10-12,17-18H,2-9,13H2,1H3. The first-order valence-corrected chi connectivity index (χ1v) is 9.81. The number of alkyl halides is 1. The van der Waals surface area contributed by atoms with Gasteiger partial charge in [0.1, 0.15) is 0 Å². The number of rotatable bonds is 4. The van der Waals surface area contributed by atoms with E-state index in [-0.39, 0.29) is 5.91 Å². The first-order chi connectivity index (χ1) is 10.7. The highest BCUT2D eigenvalue weighted by Crippen LogP contribution is 2.33. The van der Waals surface area contributed by atoms with Gasteiger partial charge in [-0.2, -0.15) is 0 Å². The molecule has 2 fully saturated rings.